The number of carboxylic acids is 2. The Morgan fingerprint density at radius 2 is 1.90 bits per heavy atom. The third-order valence-electron chi connectivity index (χ3n) is 3.39. The Bertz CT molecular complexity index is 572. The van der Waals surface area contributed by atoms with Gasteiger partial charge in [-0.05, 0) is 17.5 Å². The van der Waals surface area contributed by atoms with Crippen molar-refractivity contribution in [3.05, 3.63) is 35.4 Å². The molecule has 112 valence electrons. The van der Waals surface area contributed by atoms with Crippen LogP contribution in [0.2, 0.25) is 0 Å². The molecule has 0 bridgehead atoms. The van der Waals surface area contributed by atoms with Gasteiger partial charge in [-0.25, -0.2) is 4.79 Å². The summed E-state index contributed by atoms with van der Waals surface area (Å²) in [5, 5.41) is 22.9. The lowest BCUT2D eigenvalue weighted by Gasteiger charge is -2.26. The highest BCUT2D eigenvalue weighted by Crippen LogP contribution is 2.16. The van der Waals surface area contributed by atoms with Crippen LogP contribution in [-0.2, 0) is 27.3 Å². The topological polar surface area (TPSA) is 116 Å². The molecule has 21 heavy (non-hydrogen) atoms. The van der Waals surface area contributed by atoms with Crippen LogP contribution < -0.4 is 10.6 Å². The maximum absolute atomic E-state index is 12.1. The third-order valence-corrected chi connectivity index (χ3v) is 3.39. The largest absolute Gasteiger partial charge is 0.481 e. The number of aliphatic carboxylic acids is 2. The van der Waals surface area contributed by atoms with Crippen molar-refractivity contribution in [1.82, 2.24) is 10.6 Å². The van der Waals surface area contributed by atoms with Crippen molar-refractivity contribution in [1.29, 1.82) is 0 Å². The predicted molar refractivity (Wildman–Crippen MR) is 72.6 cm³/mol. The minimum absolute atomic E-state index is 0.446. The molecule has 0 fully saturated rings. The summed E-state index contributed by atoms with van der Waals surface area (Å²) in [6, 6.07) is 5.69. The van der Waals surface area contributed by atoms with Crippen LogP contribution in [0.4, 0.5) is 0 Å². The van der Waals surface area contributed by atoms with E-state index in [2.05, 4.69) is 10.6 Å². The van der Waals surface area contributed by atoms with Crippen LogP contribution in [0.25, 0.3) is 0 Å². The monoisotopic (exact) mass is 292 g/mol. The van der Waals surface area contributed by atoms with E-state index in [9.17, 15) is 14.4 Å². The molecule has 7 heteroatoms. The van der Waals surface area contributed by atoms with Crippen molar-refractivity contribution in [2.24, 2.45) is 0 Å². The Hall–Kier alpha value is -2.41. The van der Waals surface area contributed by atoms with E-state index >= 15 is 0 Å². The number of hydrogen-bond donors (Lipinski definition) is 4. The van der Waals surface area contributed by atoms with Gasteiger partial charge in [-0.15, -0.1) is 0 Å². The van der Waals surface area contributed by atoms with Gasteiger partial charge in [-0.3, -0.25) is 9.59 Å². The van der Waals surface area contributed by atoms with E-state index < -0.39 is 36.4 Å². The summed E-state index contributed by atoms with van der Waals surface area (Å²) in [7, 11) is 0. The fourth-order valence-electron chi connectivity index (χ4n) is 2.29. The van der Waals surface area contributed by atoms with E-state index in [0.29, 0.717) is 13.0 Å². The van der Waals surface area contributed by atoms with E-state index in [1.54, 1.807) is 0 Å². The second-order valence-corrected chi connectivity index (χ2v) is 4.90. The molecule has 0 aliphatic carbocycles. The number of carbonyl (C=O) groups excluding carboxylic acids is 1. The number of carboxylic acid groups (broad SMARTS) is 2. The summed E-state index contributed by atoms with van der Waals surface area (Å²) < 4.78 is 0. The van der Waals surface area contributed by atoms with Crippen molar-refractivity contribution in [3.63, 3.8) is 0 Å². The molecule has 0 aromatic heterocycles. The first-order valence-corrected chi connectivity index (χ1v) is 6.52. The molecule has 1 unspecified atom stereocenters. The van der Waals surface area contributed by atoms with Crippen molar-refractivity contribution in [2.45, 2.75) is 31.5 Å². The Morgan fingerprint density at radius 3 is 2.52 bits per heavy atom. The molecular formula is C14H16N2O5. The van der Waals surface area contributed by atoms with E-state index in [4.69, 9.17) is 10.2 Å². The molecule has 0 spiro atoms. The Morgan fingerprint density at radius 1 is 1.24 bits per heavy atom. The van der Waals surface area contributed by atoms with Crippen LogP contribution in [0.15, 0.2) is 24.3 Å². The smallest absolute Gasteiger partial charge is 0.326 e. The number of benzene rings is 1. The summed E-state index contributed by atoms with van der Waals surface area (Å²) in [6.45, 7) is 0.519. The number of fused-ring (bicyclic) bond motifs is 1. The second-order valence-electron chi connectivity index (χ2n) is 4.90. The molecule has 2 atom stereocenters. The van der Waals surface area contributed by atoms with Gasteiger partial charge in [0.25, 0.3) is 0 Å². The lowest BCUT2D eigenvalue weighted by atomic mass is 9.95. The summed E-state index contributed by atoms with van der Waals surface area (Å²) in [4.78, 5) is 33.6. The number of hydrogen-bond acceptors (Lipinski definition) is 4. The van der Waals surface area contributed by atoms with Crippen molar-refractivity contribution in [2.75, 3.05) is 0 Å². The van der Waals surface area contributed by atoms with Gasteiger partial charge in [-0.2, -0.15) is 0 Å². The maximum Gasteiger partial charge on any atom is 0.326 e. The van der Waals surface area contributed by atoms with Gasteiger partial charge in [0.1, 0.15) is 6.04 Å². The average molecular weight is 292 g/mol. The molecule has 0 radical (unpaired) electrons. The first-order valence-electron chi connectivity index (χ1n) is 6.52. The highest BCUT2D eigenvalue weighted by atomic mass is 16.4. The van der Waals surface area contributed by atoms with E-state index in [1.807, 2.05) is 24.3 Å². The number of rotatable bonds is 5. The summed E-state index contributed by atoms with van der Waals surface area (Å²) in [5.41, 5.74) is 2.13. The fraction of sp³-hybridized carbons (Fsp3) is 0.357. The van der Waals surface area contributed by atoms with Crippen LogP contribution in [-0.4, -0.2) is 40.1 Å². The van der Waals surface area contributed by atoms with Crippen molar-refractivity contribution in [3.8, 4) is 0 Å². The lowest BCUT2D eigenvalue weighted by molar-refractivity contribution is -0.147. The van der Waals surface area contributed by atoms with Gasteiger partial charge in [-0.1, -0.05) is 24.3 Å². The van der Waals surface area contributed by atoms with Gasteiger partial charge in [0.05, 0.1) is 12.5 Å². The molecular weight excluding hydrogens is 276 g/mol. The fourth-order valence-corrected chi connectivity index (χ4v) is 2.29. The molecule has 1 aromatic rings. The maximum atomic E-state index is 12.1. The summed E-state index contributed by atoms with van der Waals surface area (Å²) in [5.74, 6) is -3.13. The minimum Gasteiger partial charge on any atom is -0.481 e. The van der Waals surface area contributed by atoms with E-state index in [0.717, 1.165) is 11.1 Å². The van der Waals surface area contributed by atoms with Gasteiger partial charge in [0, 0.05) is 6.54 Å². The highest BCUT2D eigenvalue weighted by molar-refractivity contribution is 5.89. The summed E-state index contributed by atoms with van der Waals surface area (Å²) >= 11 is 0. The molecule has 1 amide bonds. The molecule has 1 heterocycles. The SMILES string of the molecule is O=C(O)CC(NC(=O)[C@H]1Cc2ccccc2CN1)C(=O)O. The van der Waals surface area contributed by atoms with Gasteiger partial charge in [0.2, 0.25) is 5.91 Å². The molecule has 1 aliphatic heterocycles. The molecule has 4 N–H and O–H groups in total. The second kappa shape index (κ2) is 6.36. The zero-order valence-electron chi connectivity index (χ0n) is 11.2. The van der Waals surface area contributed by atoms with E-state index in [-0.39, 0.29) is 0 Å². The Balaban J connectivity index is 2.01. The average Bonchev–Trinajstić information content (AvgIpc) is 2.45. The zero-order valence-corrected chi connectivity index (χ0v) is 11.2. The van der Waals surface area contributed by atoms with Crippen LogP contribution in [0, 0.1) is 0 Å². The van der Waals surface area contributed by atoms with Crippen LogP contribution in [0.5, 0.6) is 0 Å². The Kier molecular flexibility index (Phi) is 4.54. The van der Waals surface area contributed by atoms with Gasteiger partial charge < -0.3 is 20.8 Å². The molecule has 1 aliphatic rings. The minimum atomic E-state index is -1.42. The molecule has 7 nitrogen and oxygen atoms in total. The molecule has 2 rings (SSSR count). The standard InChI is InChI=1S/C14H16N2O5/c17-12(18)6-11(14(20)21)16-13(19)10-5-8-3-1-2-4-9(8)7-15-10/h1-4,10-11,15H,5-7H2,(H,16,19)(H,17,18)(H,20,21)/t10-,11?/m1/s1. The predicted octanol–water partition coefficient (Wildman–Crippen LogP) is -0.255. The van der Waals surface area contributed by atoms with E-state index in [1.165, 1.54) is 0 Å². The van der Waals surface area contributed by atoms with Crippen LogP contribution >= 0.6 is 0 Å². The van der Waals surface area contributed by atoms with Gasteiger partial charge in [0.15, 0.2) is 0 Å². The number of nitrogens with one attached hydrogen (secondary N) is 2. The van der Waals surface area contributed by atoms with Crippen molar-refractivity contribution >= 4 is 17.8 Å². The Labute approximate surface area is 121 Å². The van der Waals surface area contributed by atoms with Crippen LogP contribution in [0.1, 0.15) is 17.5 Å². The summed E-state index contributed by atoms with van der Waals surface area (Å²) in [6.07, 6.45) is -0.203. The molecule has 0 saturated carbocycles. The molecule has 0 saturated heterocycles. The normalized spacial score (nSPS) is 18.4. The first-order chi connectivity index (χ1) is 9.97. The molecule has 1 aromatic carbocycles. The highest BCUT2D eigenvalue weighted by Gasteiger charge is 2.29. The van der Waals surface area contributed by atoms with Gasteiger partial charge >= 0.3 is 11.9 Å². The first kappa shape index (κ1) is 15.0. The van der Waals surface area contributed by atoms with Crippen molar-refractivity contribution < 1.29 is 24.6 Å². The zero-order chi connectivity index (χ0) is 15.4. The third kappa shape index (κ3) is 3.79. The lowest BCUT2D eigenvalue weighted by Crippen LogP contribution is -2.52. The quantitative estimate of drug-likeness (QED) is 0.594. The number of carbonyl (C=O) groups is 3. The number of amides is 1. The van der Waals surface area contributed by atoms with Crippen LogP contribution in [0.3, 0.4) is 0 Å².